The lowest BCUT2D eigenvalue weighted by Crippen LogP contribution is -1.95. The summed E-state index contributed by atoms with van der Waals surface area (Å²) in [5.74, 6) is 0.262. The van der Waals surface area contributed by atoms with Crippen LogP contribution in [0.25, 0.3) is 0 Å². The van der Waals surface area contributed by atoms with Gasteiger partial charge in [-0.25, -0.2) is 0 Å². The number of hydrogen-bond acceptors (Lipinski definition) is 2. The third-order valence-corrected chi connectivity index (χ3v) is 4.50. The van der Waals surface area contributed by atoms with Crippen LogP contribution in [0.15, 0.2) is 28.3 Å². The van der Waals surface area contributed by atoms with E-state index in [1.807, 2.05) is 24.0 Å². The third kappa shape index (κ3) is 2.13. The number of hydrogen-bond donors (Lipinski definition) is 0. The average Bonchev–Trinajstić information content (AvgIpc) is 2.83. The summed E-state index contributed by atoms with van der Waals surface area (Å²) in [6, 6.07) is 2.11. The maximum absolute atomic E-state index is 11.0. The van der Waals surface area contributed by atoms with E-state index in [9.17, 15) is 4.79 Å². The van der Waals surface area contributed by atoms with Crippen LogP contribution in [0.3, 0.4) is 0 Å². The van der Waals surface area contributed by atoms with E-state index in [1.165, 1.54) is 4.88 Å². The van der Waals surface area contributed by atoms with E-state index in [-0.39, 0.29) is 5.92 Å². The Balaban J connectivity index is 2.40. The number of halogens is 1. The Morgan fingerprint density at radius 2 is 2.25 bits per heavy atom. The predicted molar refractivity (Wildman–Crippen MR) is 70.3 cm³/mol. The average molecular weight is 298 g/mol. The van der Waals surface area contributed by atoms with Gasteiger partial charge in [-0.15, -0.1) is 11.3 Å². The third-order valence-electron chi connectivity index (χ3n) is 2.63. The van der Waals surface area contributed by atoms with Gasteiger partial charge in [0.1, 0.15) is 0 Å². The molecule has 0 N–H and O–H groups in total. The van der Waals surface area contributed by atoms with Crippen molar-refractivity contribution in [3.63, 3.8) is 0 Å². The van der Waals surface area contributed by atoms with Gasteiger partial charge in [0.2, 0.25) is 0 Å². The van der Waals surface area contributed by atoms with E-state index >= 15 is 0 Å². The van der Waals surface area contributed by atoms with E-state index in [4.69, 9.17) is 0 Å². The summed E-state index contributed by atoms with van der Waals surface area (Å²) in [4.78, 5) is 12.2. The number of thiophene rings is 1. The normalized spacial score (nSPS) is 12.7. The fourth-order valence-electron chi connectivity index (χ4n) is 1.79. The molecule has 0 aliphatic carbocycles. The zero-order valence-corrected chi connectivity index (χ0v) is 11.5. The molecule has 1 unspecified atom stereocenters. The Bertz CT molecular complexity index is 515. The van der Waals surface area contributed by atoms with E-state index in [1.54, 1.807) is 11.3 Å². The minimum atomic E-state index is 0.262. The number of aryl methyl sites for hydroxylation is 1. The summed E-state index contributed by atoms with van der Waals surface area (Å²) in [5.41, 5.74) is 1.87. The molecule has 0 radical (unpaired) electrons. The van der Waals surface area contributed by atoms with Crippen LogP contribution in [0.5, 0.6) is 0 Å². The molecule has 0 aromatic carbocycles. The van der Waals surface area contributed by atoms with Crippen LogP contribution in [-0.4, -0.2) is 10.9 Å². The number of carbonyl (C=O) groups is 1. The van der Waals surface area contributed by atoms with Crippen LogP contribution in [0.1, 0.15) is 33.6 Å². The highest BCUT2D eigenvalue weighted by Gasteiger charge is 2.15. The highest BCUT2D eigenvalue weighted by atomic mass is 79.9. The number of nitrogens with zero attached hydrogens (tertiary/aromatic N) is 1. The first-order valence-electron chi connectivity index (χ1n) is 4.96. The van der Waals surface area contributed by atoms with Gasteiger partial charge in [0.25, 0.3) is 0 Å². The molecular formula is C12H12BrNOS. The molecule has 2 aromatic heterocycles. The van der Waals surface area contributed by atoms with Gasteiger partial charge in [-0.2, -0.15) is 0 Å². The molecular weight excluding hydrogens is 286 g/mol. The Morgan fingerprint density at radius 3 is 2.81 bits per heavy atom. The van der Waals surface area contributed by atoms with Crippen LogP contribution >= 0.6 is 27.3 Å². The number of aromatic nitrogens is 1. The second-order valence-corrected chi connectivity index (χ2v) is 5.70. The second kappa shape index (κ2) is 4.55. The molecule has 0 amide bonds. The van der Waals surface area contributed by atoms with E-state index in [2.05, 4.69) is 34.3 Å². The summed E-state index contributed by atoms with van der Waals surface area (Å²) in [5, 5.41) is 2.06. The van der Waals surface area contributed by atoms with Crippen LogP contribution in [0.2, 0.25) is 0 Å². The number of rotatable bonds is 3. The zero-order valence-electron chi connectivity index (χ0n) is 9.11. The van der Waals surface area contributed by atoms with Crippen molar-refractivity contribution < 1.29 is 4.79 Å². The van der Waals surface area contributed by atoms with Gasteiger partial charge in [-0.3, -0.25) is 4.79 Å². The number of aldehydes is 1. The highest BCUT2D eigenvalue weighted by molar-refractivity contribution is 9.10. The molecule has 0 spiro atoms. The molecule has 0 saturated heterocycles. The monoisotopic (exact) mass is 297 g/mol. The molecule has 4 heteroatoms. The molecule has 2 rings (SSSR count). The zero-order chi connectivity index (χ0) is 11.7. The Morgan fingerprint density at radius 1 is 1.50 bits per heavy atom. The minimum absolute atomic E-state index is 0.262. The predicted octanol–water partition coefficient (Wildman–Crippen LogP) is 3.81. The van der Waals surface area contributed by atoms with Gasteiger partial charge in [-0.05, 0) is 27.6 Å². The summed E-state index contributed by atoms with van der Waals surface area (Å²) < 4.78 is 3.03. The van der Waals surface area contributed by atoms with Crippen LogP contribution in [0.4, 0.5) is 0 Å². The summed E-state index contributed by atoms with van der Waals surface area (Å²) in [6.45, 7) is 2.13. The minimum Gasteiger partial charge on any atom is -0.356 e. The fraction of sp³-hybridized carbons (Fsp3) is 0.250. The SMILES string of the molecule is CC(c1cc(Br)cs1)c1cn(C)cc1C=O. The van der Waals surface area contributed by atoms with E-state index in [0.717, 1.165) is 21.9 Å². The summed E-state index contributed by atoms with van der Waals surface area (Å²) in [7, 11) is 1.94. The first kappa shape index (κ1) is 11.6. The topological polar surface area (TPSA) is 22.0 Å². The molecule has 0 fully saturated rings. The van der Waals surface area contributed by atoms with Gasteiger partial charge in [0, 0.05) is 45.7 Å². The van der Waals surface area contributed by atoms with Crippen molar-refractivity contribution in [1.29, 1.82) is 0 Å². The first-order chi connectivity index (χ1) is 7.61. The number of carbonyl (C=O) groups excluding carboxylic acids is 1. The molecule has 0 aliphatic rings. The lowest BCUT2D eigenvalue weighted by molar-refractivity contribution is 0.112. The van der Waals surface area contributed by atoms with Gasteiger partial charge >= 0.3 is 0 Å². The van der Waals surface area contributed by atoms with Gasteiger partial charge in [0.05, 0.1) is 0 Å². The van der Waals surface area contributed by atoms with Crippen molar-refractivity contribution in [2.75, 3.05) is 0 Å². The van der Waals surface area contributed by atoms with Crippen molar-refractivity contribution in [3.05, 3.63) is 44.3 Å². The molecule has 0 bridgehead atoms. The maximum atomic E-state index is 11.0. The van der Waals surface area contributed by atoms with Gasteiger partial charge in [-0.1, -0.05) is 6.92 Å². The molecule has 0 saturated carbocycles. The Hall–Kier alpha value is -0.870. The van der Waals surface area contributed by atoms with Crippen LogP contribution in [-0.2, 0) is 7.05 Å². The van der Waals surface area contributed by atoms with Crippen LogP contribution in [0, 0.1) is 0 Å². The molecule has 2 aromatic rings. The molecule has 2 nitrogen and oxygen atoms in total. The lowest BCUT2D eigenvalue weighted by atomic mass is 9.99. The fourth-order valence-corrected chi connectivity index (χ4v) is 3.32. The molecule has 1 atom stereocenters. The van der Waals surface area contributed by atoms with Crippen molar-refractivity contribution in [1.82, 2.24) is 4.57 Å². The van der Waals surface area contributed by atoms with Crippen LogP contribution < -0.4 is 0 Å². The van der Waals surface area contributed by atoms with Crippen molar-refractivity contribution in [2.45, 2.75) is 12.8 Å². The quantitative estimate of drug-likeness (QED) is 0.790. The van der Waals surface area contributed by atoms with E-state index in [0.29, 0.717) is 0 Å². The van der Waals surface area contributed by atoms with Crippen molar-refractivity contribution in [3.8, 4) is 0 Å². The van der Waals surface area contributed by atoms with Gasteiger partial charge < -0.3 is 4.57 Å². The van der Waals surface area contributed by atoms with Gasteiger partial charge in [0.15, 0.2) is 6.29 Å². The Labute approximate surface area is 107 Å². The summed E-state index contributed by atoms with van der Waals surface area (Å²) >= 11 is 5.16. The highest BCUT2D eigenvalue weighted by Crippen LogP contribution is 2.32. The Kier molecular flexibility index (Phi) is 3.30. The largest absolute Gasteiger partial charge is 0.356 e. The smallest absolute Gasteiger partial charge is 0.151 e. The molecule has 0 aliphatic heterocycles. The van der Waals surface area contributed by atoms with E-state index < -0.39 is 0 Å². The summed E-state index contributed by atoms with van der Waals surface area (Å²) in [6.07, 6.45) is 4.80. The molecule has 16 heavy (non-hydrogen) atoms. The molecule has 84 valence electrons. The van der Waals surface area contributed by atoms with Crippen molar-refractivity contribution in [2.24, 2.45) is 7.05 Å². The maximum Gasteiger partial charge on any atom is 0.151 e. The first-order valence-corrected chi connectivity index (χ1v) is 6.64. The molecule has 2 heterocycles. The second-order valence-electron chi connectivity index (χ2n) is 3.84. The van der Waals surface area contributed by atoms with Crippen molar-refractivity contribution >= 4 is 33.6 Å². The lowest BCUT2D eigenvalue weighted by Gasteiger charge is -2.07. The standard InChI is InChI=1S/C12H12BrNOS/c1-8(12-3-10(13)7-16-12)11-5-14(2)4-9(11)6-15/h3-8H,1-2H3.